The molecular formula is C21H33NO4. The molecule has 1 saturated heterocycles. The Balaban J connectivity index is 1.62. The molecule has 2 rings (SSSR count). The van der Waals surface area contributed by atoms with E-state index in [1.807, 2.05) is 39.0 Å². The Bertz CT molecular complexity index is 514. The van der Waals surface area contributed by atoms with Gasteiger partial charge in [-0.15, -0.1) is 0 Å². The number of carbonyl (C=O) groups excluding carboxylic acids is 1. The topological polar surface area (TPSA) is 56.8 Å². The SMILES string of the molecule is CC(C)[C@@H](OC[C@H]1CCCO1)C(=O)NCCCO[C@@H](C)c1ccccc1. The molecule has 0 saturated carbocycles. The van der Waals surface area contributed by atoms with Crippen LogP contribution >= 0.6 is 0 Å². The zero-order valence-corrected chi connectivity index (χ0v) is 16.3. The van der Waals surface area contributed by atoms with E-state index < -0.39 is 6.10 Å². The Morgan fingerprint density at radius 2 is 2.00 bits per heavy atom. The van der Waals surface area contributed by atoms with Crippen LogP contribution in [0.1, 0.15) is 51.7 Å². The minimum atomic E-state index is -0.427. The third-order valence-corrected chi connectivity index (χ3v) is 4.61. The fourth-order valence-electron chi connectivity index (χ4n) is 3.02. The molecule has 0 spiro atoms. The Morgan fingerprint density at radius 3 is 2.65 bits per heavy atom. The normalized spacial score (nSPS) is 19.5. The van der Waals surface area contributed by atoms with E-state index in [2.05, 4.69) is 17.4 Å². The van der Waals surface area contributed by atoms with E-state index in [0.717, 1.165) is 25.9 Å². The van der Waals surface area contributed by atoms with E-state index >= 15 is 0 Å². The summed E-state index contributed by atoms with van der Waals surface area (Å²) in [5, 5.41) is 2.97. The monoisotopic (exact) mass is 363 g/mol. The molecule has 1 aliphatic heterocycles. The van der Waals surface area contributed by atoms with Crippen molar-refractivity contribution in [2.75, 3.05) is 26.4 Å². The van der Waals surface area contributed by atoms with Crippen LogP contribution in [0.4, 0.5) is 0 Å². The van der Waals surface area contributed by atoms with Gasteiger partial charge in [-0.25, -0.2) is 0 Å². The predicted octanol–water partition coefficient (Wildman–Crippen LogP) is 3.49. The van der Waals surface area contributed by atoms with E-state index in [0.29, 0.717) is 19.8 Å². The summed E-state index contributed by atoms with van der Waals surface area (Å²) in [5.74, 6) is 0.0832. The molecule has 0 unspecified atom stereocenters. The van der Waals surface area contributed by atoms with Gasteiger partial charge >= 0.3 is 0 Å². The quantitative estimate of drug-likeness (QED) is 0.612. The Labute approximate surface area is 157 Å². The van der Waals surface area contributed by atoms with Crippen molar-refractivity contribution in [3.63, 3.8) is 0 Å². The van der Waals surface area contributed by atoms with Crippen LogP contribution in [0.3, 0.4) is 0 Å². The van der Waals surface area contributed by atoms with Gasteiger partial charge in [-0.1, -0.05) is 44.2 Å². The molecule has 1 aromatic carbocycles. The molecule has 0 aliphatic carbocycles. The lowest BCUT2D eigenvalue weighted by molar-refractivity contribution is -0.138. The highest BCUT2D eigenvalue weighted by atomic mass is 16.5. The van der Waals surface area contributed by atoms with Crippen molar-refractivity contribution in [2.45, 2.75) is 58.3 Å². The minimum absolute atomic E-state index is 0.0471. The maximum Gasteiger partial charge on any atom is 0.249 e. The van der Waals surface area contributed by atoms with Crippen LogP contribution in [0.2, 0.25) is 0 Å². The van der Waals surface area contributed by atoms with Crippen LogP contribution in [0, 0.1) is 5.92 Å². The second kappa shape index (κ2) is 11.3. The predicted molar refractivity (Wildman–Crippen MR) is 102 cm³/mol. The minimum Gasteiger partial charge on any atom is -0.376 e. The molecule has 0 radical (unpaired) electrons. The fraction of sp³-hybridized carbons (Fsp3) is 0.667. The first-order valence-electron chi connectivity index (χ1n) is 9.75. The lowest BCUT2D eigenvalue weighted by Gasteiger charge is -2.22. The number of carbonyl (C=O) groups is 1. The molecule has 1 heterocycles. The van der Waals surface area contributed by atoms with E-state index in [1.54, 1.807) is 0 Å². The molecule has 26 heavy (non-hydrogen) atoms. The second-order valence-corrected chi connectivity index (χ2v) is 7.20. The average molecular weight is 363 g/mol. The van der Waals surface area contributed by atoms with Gasteiger partial charge in [-0.3, -0.25) is 4.79 Å². The first kappa shape index (κ1) is 20.9. The van der Waals surface area contributed by atoms with Crippen molar-refractivity contribution >= 4 is 5.91 Å². The van der Waals surface area contributed by atoms with E-state index in [-0.39, 0.29) is 24.0 Å². The van der Waals surface area contributed by atoms with E-state index in [4.69, 9.17) is 14.2 Å². The highest BCUT2D eigenvalue weighted by Crippen LogP contribution is 2.16. The summed E-state index contributed by atoms with van der Waals surface area (Å²) in [6.07, 6.45) is 2.64. The van der Waals surface area contributed by atoms with Crippen LogP contribution in [-0.2, 0) is 19.0 Å². The van der Waals surface area contributed by atoms with Crippen molar-refractivity contribution in [1.82, 2.24) is 5.32 Å². The molecule has 0 aromatic heterocycles. The van der Waals surface area contributed by atoms with Crippen LogP contribution < -0.4 is 5.32 Å². The summed E-state index contributed by atoms with van der Waals surface area (Å²) in [5.41, 5.74) is 1.17. The van der Waals surface area contributed by atoms with Crippen LogP contribution in [0.5, 0.6) is 0 Å². The number of benzene rings is 1. The van der Waals surface area contributed by atoms with E-state index in [1.165, 1.54) is 5.56 Å². The summed E-state index contributed by atoms with van der Waals surface area (Å²) in [4.78, 5) is 12.4. The van der Waals surface area contributed by atoms with Gasteiger partial charge in [0.2, 0.25) is 5.91 Å². The molecule has 5 nitrogen and oxygen atoms in total. The van der Waals surface area contributed by atoms with Gasteiger partial charge in [0.05, 0.1) is 18.8 Å². The van der Waals surface area contributed by atoms with Gasteiger partial charge in [0.25, 0.3) is 0 Å². The zero-order chi connectivity index (χ0) is 18.8. The molecule has 5 heteroatoms. The van der Waals surface area contributed by atoms with Gasteiger partial charge in [-0.05, 0) is 37.7 Å². The average Bonchev–Trinajstić information content (AvgIpc) is 3.15. The van der Waals surface area contributed by atoms with Crippen LogP contribution in [0.25, 0.3) is 0 Å². The molecule has 3 atom stereocenters. The van der Waals surface area contributed by atoms with Crippen molar-refractivity contribution in [2.24, 2.45) is 5.92 Å². The third-order valence-electron chi connectivity index (χ3n) is 4.61. The van der Waals surface area contributed by atoms with Gasteiger partial charge < -0.3 is 19.5 Å². The molecule has 1 aliphatic rings. The van der Waals surface area contributed by atoms with Crippen molar-refractivity contribution in [3.05, 3.63) is 35.9 Å². The summed E-state index contributed by atoms with van der Waals surface area (Å²) >= 11 is 0. The first-order valence-corrected chi connectivity index (χ1v) is 9.75. The third kappa shape index (κ3) is 7.06. The van der Waals surface area contributed by atoms with Gasteiger partial charge in [0.15, 0.2) is 0 Å². The van der Waals surface area contributed by atoms with Crippen molar-refractivity contribution in [1.29, 1.82) is 0 Å². The molecule has 1 N–H and O–H groups in total. The smallest absolute Gasteiger partial charge is 0.249 e. The zero-order valence-electron chi connectivity index (χ0n) is 16.3. The lowest BCUT2D eigenvalue weighted by Crippen LogP contribution is -2.41. The largest absolute Gasteiger partial charge is 0.376 e. The molecule has 0 bridgehead atoms. The maximum atomic E-state index is 12.4. The number of amides is 1. The summed E-state index contributed by atoms with van der Waals surface area (Å²) < 4.78 is 17.2. The Hall–Kier alpha value is -1.43. The number of nitrogens with one attached hydrogen (secondary N) is 1. The van der Waals surface area contributed by atoms with Crippen molar-refractivity contribution < 1.29 is 19.0 Å². The van der Waals surface area contributed by atoms with Crippen LogP contribution in [-0.4, -0.2) is 44.5 Å². The van der Waals surface area contributed by atoms with Crippen molar-refractivity contribution in [3.8, 4) is 0 Å². The van der Waals surface area contributed by atoms with Crippen LogP contribution in [0.15, 0.2) is 30.3 Å². The molecule has 146 valence electrons. The first-order chi connectivity index (χ1) is 12.6. The number of hydrogen-bond donors (Lipinski definition) is 1. The molecule has 1 fully saturated rings. The lowest BCUT2D eigenvalue weighted by atomic mass is 10.1. The molecule has 1 aromatic rings. The standard InChI is InChI=1S/C21H33NO4/c1-16(2)20(26-15-19-11-7-13-25-19)21(23)22-12-8-14-24-17(3)18-9-5-4-6-10-18/h4-6,9-10,16-17,19-20H,7-8,11-15H2,1-3H3,(H,22,23)/t17-,19+,20+/m0/s1. The second-order valence-electron chi connectivity index (χ2n) is 7.20. The molecule has 1 amide bonds. The summed E-state index contributed by atoms with van der Waals surface area (Å²) in [6, 6.07) is 10.1. The number of hydrogen-bond acceptors (Lipinski definition) is 4. The Kier molecular flexibility index (Phi) is 9.09. The number of ether oxygens (including phenoxy) is 3. The maximum absolute atomic E-state index is 12.4. The van der Waals surface area contributed by atoms with Gasteiger partial charge in [-0.2, -0.15) is 0 Å². The van der Waals surface area contributed by atoms with E-state index in [9.17, 15) is 4.79 Å². The highest BCUT2D eigenvalue weighted by molar-refractivity contribution is 5.80. The fourth-order valence-corrected chi connectivity index (χ4v) is 3.02. The summed E-state index contributed by atoms with van der Waals surface area (Å²) in [7, 11) is 0. The number of rotatable bonds is 11. The summed E-state index contributed by atoms with van der Waals surface area (Å²) in [6.45, 7) is 8.55. The van der Waals surface area contributed by atoms with Gasteiger partial charge in [0, 0.05) is 19.8 Å². The molecular weight excluding hydrogens is 330 g/mol. The highest BCUT2D eigenvalue weighted by Gasteiger charge is 2.25. The Morgan fingerprint density at radius 1 is 1.23 bits per heavy atom. The van der Waals surface area contributed by atoms with Gasteiger partial charge in [0.1, 0.15) is 6.10 Å².